The number of halogens is 1. The van der Waals surface area contributed by atoms with Gasteiger partial charge in [-0.25, -0.2) is 4.39 Å². The van der Waals surface area contributed by atoms with Crippen LogP contribution in [0.5, 0.6) is 5.75 Å². The Bertz CT molecular complexity index is 755. The summed E-state index contributed by atoms with van der Waals surface area (Å²) in [5.41, 5.74) is 3.10. The first-order chi connectivity index (χ1) is 12.0. The molecule has 0 spiro atoms. The Balaban J connectivity index is 1.56. The maximum atomic E-state index is 13.4. The van der Waals surface area contributed by atoms with Crippen molar-refractivity contribution in [3.8, 4) is 5.75 Å². The van der Waals surface area contributed by atoms with Gasteiger partial charge in [0.05, 0.1) is 13.0 Å². The monoisotopic (exact) mass is 341 g/mol. The third-order valence-electron chi connectivity index (χ3n) is 4.45. The van der Waals surface area contributed by atoms with Crippen molar-refractivity contribution < 1.29 is 13.9 Å². The number of carbonyl (C=O) groups excluding carboxylic acids is 1. The van der Waals surface area contributed by atoms with Gasteiger partial charge in [-0.15, -0.1) is 0 Å². The topological polar surface area (TPSA) is 29.5 Å². The minimum absolute atomic E-state index is 0.0662. The molecule has 0 radical (unpaired) electrons. The van der Waals surface area contributed by atoms with Gasteiger partial charge in [0.1, 0.15) is 11.6 Å². The normalized spacial score (nSPS) is 13.6. The number of aryl methyl sites for hydroxylation is 2. The summed E-state index contributed by atoms with van der Waals surface area (Å²) in [6.07, 6.45) is 2.39. The van der Waals surface area contributed by atoms with Gasteiger partial charge in [0, 0.05) is 12.6 Å². The van der Waals surface area contributed by atoms with Gasteiger partial charge in [-0.1, -0.05) is 29.8 Å². The Kier molecular flexibility index (Phi) is 5.37. The summed E-state index contributed by atoms with van der Waals surface area (Å²) in [6, 6.07) is 12.8. The molecule has 2 aromatic rings. The number of nitrogens with zero attached hydrogens (tertiary/aromatic N) is 1. The zero-order chi connectivity index (χ0) is 17.8. The number of amides is 1. The molecular weight excluding hydrogens is 317 g/mol. The Morgan fingerprint density at radius 3 is 2.68 bits per heavy atom. The lowest BCUT2D eigenvalue weighted by molar-refractivity contribution is -0.132. The predicted octanol–water partition coefficient (Wildman–Crippen LogP) is 4.40. The molecule has 132 valence electrons. The van der Waals surface area contributed by atoms with Crippen molar-refractivity contribution in [2.24, 2.45) is 0 Å². The highest BCUT2D eigenvalue weighted by atomic mass is 19.1. The lowest BCUT2D eigenvalue weighted by Gasteiger charge is -2.23. The Hall–Kier alpha value is -2.36. The summed E-state index contributed by atoms with van der Waals surface area (Å²) < 4.78 is 19.1. The largest absolute Gasteiger partial charge is 0.493 e. The van der Waals surface area contributed by atoms with E-state index in [1.165, 1.54) is 17.7 Å². The van der Waals surface area contributed by atoms with Crippen LogP contribution in [0.1, 0.15) is 36.0 Å². The third-order valence-corrected chi connectivity index (χ3v) is 4.45. The summed E-state index contributed by atoms with van der Waals surface area (Å²) in [5.74, 6) is 0.622. The maximum absolute atomic E-state index is 13.4. The highest BCUT2D eigenvalue weighted by molar-refractivity contribution is 5.77. The number of hydrogen-bond acceptors (Lipinski definition) is 2. The smallest absolute Gasteiger partial charge is 0.226 e. The molecule has 3 nitrogen and oxygen atoms in total. The van der Waals surface area contributed by atoms with Gasteiger partial charge in [-0.3, -0.25) is 4.79 Å². The minimum atomic E-state index is -0.265. The molecule has 1 amide bonds. The van der Waals surface area contributed by atoms with E-state index in [2.05, 4.69) is 6.07 Å². The first-order valence-electron chi connectivity index (χ1n) is 8.77. The van der Waals surface area contributed by atoms with E-state index < -0.39 is 0 Å². The predicted molar refractivity (Wildman–Crippen MR) is 96.0 cm³/mol. The van der Waals surface area contributed by atoms with Gasteiger partial charge in [0.15, 0.2) is 0 Å². The average Bonchev–Trinajstić information content (AvgIpc) is 3.39. The third kappa shape index (κ3) is 4.81. The first-order valence-corrected chi connectivity index (χ1v) is 8.77. The van der Waals surface area contributed by atoms with Crippen molar-refractivity contribution in [3.63, 3.8) is 0 Å². The number of ether oxygens (including phenoxy) is 1. The zero-order valence-corrected chi connectivity index (χ0v) is 14.8. The van der Waals surface area contributed by atoms with Crippen LogP contribution in [0.3, 0.4) is 0 Å². The van der Waals surface area contributed by atoms with Crippen molar-refractivity contribution in [1.82, 2.24) is 4.90 Å². The summed E-state index contributed by atoms with van der Waals surface area (Å²) in [4.78, 5) is 14.5. The molecule has 0 bridgehead atoms. The molecule has 1 fully saturated rings. The van der Waals surface area contributed by atoms with E-state index in [-0.39, 0.29) is 17.8 Å². The average molecular weight is 341 g/mol. The minimum Gasteiger partial charge on any atom is -0.493 e. The molecule has 0 aliphatic heterocycles. The summed E-state index contributed by atoms with van der Waals surface area (Å²) in [6.45, 7) is 4.87. The van der Waals surface area contributed by atoms with Crippen LogP contribution in [0.4, 0.5) is 4.39 Å². The van der Waals surface area contributed by atoms with Crippen molar-refractivity contribution >= 4 is 5.91 Å². The van der Waals surface area contributed by atoms with E-state index in [1.807, 2.05) is 36.9 Å². The number of hydrogen-bond donors (Lipinski definition) is 0. The van der Waals surface area contributed by atoms with Crippen molar-refractivity contribution in [3.05, 3.63) is 65.0 Å². The Labute approximate surface area is 148 Å². The van der Waals surface area contributed by atoms with Crippen LogP contribution in [-0.2, 0) is 11.3 Å². The van der Waals surface area contributed by atoms with Gasteiger partial charge in [-0.2, -0.15) is 0 Å². The summed E-state index contributed by atoms with van der Waals surface area (Å²) >= 11 is 0. The van der Waals surface area contributed by atoms with Gasteiger partial charge in [-0.05, 0) is 56.0 Å². The molecule has 0 heterocycles. The van der Waals surface area contributed by atoms with Crippen molar-refractivity contribution in [2.45, 2.75) is 45.7 Å². The van der Waals surface area contributed by atoms with Crippen LogP contribution < -0.4 is 4.74 Å². The van der Waals surface area contributed by atoms with E-state index in [0.717, 1.165) is 29.7 Å². The van der Waals surface area contributed by atoms with Crippen LogP contribution in [-0.4, -0.2) is 23.5 Å². The standard InChI is InChI=1S/C21H24FNO2/c1-15-6-9-20(16(2)12-15)25-11-10-21(24)23(19-7-8-19)14-17-4-3-5-18(22)13-17/h3-6,9,12-13,19H,7-8,10-11,14H2,1-2H3. The molecule has 25 heavy (non-hydrogen) atoms. The van der Waals surface area contributed by atoms with Crippen molar-refractivity contribution in [2.75, 3.05) is 6.61 Å². The zero-order valence-electron chi connectivity index (χ0n) is 14.8. The van der Waals surface area contributed by atoms with E-state index >= 15 is 0 Å². The quantitative estimate of drug-likeness (QED) is 0.747. The molecule has 0 N–H and O–H groups in total. The summed E-state index contributed by atoms with van der Waals surface area (Å²) in [7, 11) is 0. The molecule has 3 rings (SSSR count). The Morgan fingerprint density at radius 2 is 2.00 bits per heavy atom. The molecule has 2 aromatic carbocycles. The molecule has 1 saturated carbocycles. The highest BCUT2D eigenvalue weighted by Gasteiger charge is 2.32. The highest BCUT2D eigenvalue weighted by Crippen LogP contribution is 2.29. The molecule has 4 heteroatoms. The SMILES string of the molecule is Cc1ccc(OCCC(=O)N(Cc2cccc(F)c2)C2CC2)c(C)c1. The number of carbonyl (C=O) groups is 1. The van der Waals surface area contributed by atoms with Crippen LogP contribution in [0.25, 0.3) is 0 Å². The second-order valence-electron chi connectivity index (χ2n) is 6.75. The van der Waals surface area contributed by atoms with Crippen LogP contribution in [0.2, 0.25) is 0 Å². The van der Waals surface area contributed by atoms with Gasteiger partial charge < -0.3 is 9.64 Å². The van der Waals surface area contributed by atoms with Gasteiger partial charge in [0.2, 0.25) is 5.91 Å². The summed E-state index contributed by atoms with van der Waals surface area (Å²) in [5, 5.41) is 0. The lowest BCUT2D eigenvalue weighted by Crippen LogP contribution is -2.33. The van der Waals surface area contributed by atoms with E-state index in [4.69, 9.17) is 4.74 Å². The van der Waals surface area contributed by atoms with Gasteiger partial charge >= 0.3 is 0 Å². The van der Waals surface area contributed by atoms with Crippen LogP contribution >= 0.6 is 0 Å². The fraction of sp³-hybridized carbons (Fsp3) is 0.381. The van der Waals surface area contributed by atoms with E-state index in [9.17, 15) is 9.18 Å². The second-order valence-corrected chi connectivity index (χ2v) is 6.75. The fourth-order valence-electron chi connectivity index (χ4n) is 2.99. The maximum Gasteiger partial charge on any atom is 0.226 e. The molecule has 0 unspecified atom stereocenters. The fourth-order valence-corrected chi connectivity index (χ4v) is 2.99. The second kappa shape index (κ2) is 7.68. The molecular formula is C21H24FNO2. The van der Waals surface area contributed by atoms with Crippen LogP contribution in [0.15, 0.2) is 42.5 Å². The van der Waals surface area contributed by atoms with Crippen molar-refractivity contribution in [1.29, 1.82) is 0 Å². The van der Waals surface area contributed by atoms with E-state index in [1.54, 1.807) is 6.07 Å². The molecule has 1 aliphatic carbocycles. The molecule has 0 atom stereocenters. The molecule has 0 aromatic heterocycles. The van der Waals surface area contributed by atoms with E-state index in [0.29, 0.717) is 19.6 Å². The Morgan fingerprint density at radius 1 is 1.20 bits per heavy atom. The molecule has 1 aliphatic rings. The van der Waals surface area contributed by atoms with Gasteiger partial charge in [0.25, 0.3) is 0 Å². The lowest BCUT2D eigenvalue weighted by atomic mass is 10.1. The number of benzene rings is 2. The first kappa shape index (κ1) is 17.5. The molecule has 0 saturated heterocycles. The number of rotatable bonds is 7. The van der Waals surface area contributed by atoms with Crippen LogP contribution in [0, 0.1) is 19.7 Å².